The fourth-order valence-corrected chi connectivity index (χ4v) is 4.63. The molecule has 2 heterocycles. The molecule has 3 rings (SSSR count). The number of allylic oxidation sites excluding steroid dienone is 4. The Kier molecular flexibility index (Phi) is 12.8. The molecule has 0 radical (unpaired) electrons. The lowest BCUT2D eigenvalue weighted by Gasteiger charge is -2.22. The van der Waals surface area contributed by atoms with Crippen molar-refractivity contribution in [3.05, 3.63) is 95.4 Å². The first-order chi connectivity index (χ1) is 21.1. The number of rotatable bonds is 14. The summed E-state index contributed by atoms with van der Waals surface area (Å²) in [7, 11) is 0. The Hall–Kier alpha value is -4.83. The van der Waals surface area contributed by atoms with Crippen LogP contribution in [0.1, 0.15) is 67.9 Å². The average Bonchev–Trinajstić information content (AvgIpc) is 3.17. The van der Waals surface area contributed by atoms with E-state index in [2.05, 4.69) is 27.2 Å². The zero-order valence-corrected chi connectivity index (χ0v) is 25.8. The topological polar surface area (TPSA) is 156 Å². The SMILES string of the molecule is C=C/C=C\C=C(/C)C(N)CC(=O)NCc1cncc(NC(=O)c2ccc3c(c2)N=C(N)CC(C(=O)N(CCC)CCC)=C3)c1. The lowest BCUT2D eigenvalue weighted by molar-refractivity contribution is -0.127. The first kappa shape index (κ1) is 33.7. The highest BCUT2D eigenvalue weighted by Gasteiger charge is 2.21. The van der Waals surface area contributed by atoms with Crippen molar-refractivity contribution >= 4 is 41.0 Å². The molecular weight excluding hydrogens is 554 g/mol. The number of aliphatic imine (C=N–C) groups is 1. The fourth-order valence-electron chi connectivity index (χ4n) is 4.63. The summed E-state index contributed by atoms with van der Waals surface area (Å²) in [6.07, 6.45) is 14.2. The van der Waals surface area contributed by atoms with E-state index in [-0.39, 0.29) is 37.1 Å². The molecule has 44 heavy (non-hydrogen) atoms. The second-order valence-corrected chi connectivity index (χ2v) is 10.7. The van der Waals surface area contributed by atoms with Crippen LogP contribution in [0.15, 0.2) is 83.7 Å². The molecule has 1 aromatic heterocycles. The first-order valence-electron chi connectivity index (χ1n) is 14.8. The molecule has 10 nitrogen and oxygen atoms in total. The third kappa shape index (κ3) is 9.88. The van der Waals surface area contributed by atoms with Gasteiger partial charge in [-0.2, -0.15) is 0 Å². The molecule has 10 heteroatoms. The van der Waals surface area contributed by atoms with Crippen molar-refractivity contribution in [1.82, 2.24) is 15.2 Å². The highest BCUT2D eigenvalue weighted by Crippen LogP contribution is 2.29. The summed E-state index contributed by atoms with van der Waals surface area (Å²) < 4.78 is 0. The van der Waals surface area contributed by atoms with Crippen LogP contribution in [0.4, 0.5) is 11.4 Å². The number of nitrogens with one attached hydrogen (secondary N) is 2. The standard InChI is InChI=1S/C34H43N7O3/c1-5-8-9-10-23(4)29(35)19-32(42)38-21-24-15-28(22-37-20-24)39-33(43)26-12-11-25-16-27(18-31(36)40-30(25)17-26)34(44)41(13-6-2)14-7-3/h5,8-12,15-17,20,22,29H,1,6-7,13-14,18-19,21,35H2,2-4H3,(H2,36,40)(H,38,42)(H,39,43)/b9-8-,23-10+. The molecule has 1 aliphatic heterocycles. The smallest absolute Gasteiger partial charge is 0.255 e. The van der Waals surface area contributed by atoms with Crippen molar-refractivity contribution in [2.24, 2.45) is 16.5 Å². The van der Waals surface area contributed by atoms with E-state index in [4.69, 9.17) is 11.5 Å². The number of nitrogens with two attached hydrogens (primary N) is 2. The number of nitrogens with zero attached hydrogens (tertiary/aromatic N) is 3. The minimum atomic E-state index is -0.409. The average molecular weight is 598 g/mol. The highest BCUT2D eigenvalue weighted by molar-refractivity contribution is 6.07. The molecule has 0 fully saturated rings. The van der Waals surface area contributed by atoms with Gasteiger partial charge in [-0.1, -0.05) is 56.4 Å². The minimum absolute atomic E-state index is 0.0448. The number of benzene rings is 1. The maximum atomic E-state index is 13.2. The number of hydrogen-bond donors (Lipinski definition) is 4. The Morgan fingerprint density at radius 1 is 1.11 bits per heavy atom. The van der Waals surface area contributed by atoms with Gasteiger partial charge in [-0.3, -0.25) is 19.4 Å². The van der Waals surface area contributed by atoms with Gasteiger partial charge in [-0.15, -0.1) is 0 Å². The third-order valence-electron chi connectivity index (χ3n) is 6.95. The molecule has 1 aliphatic rings. The number of anilines is 1. The molecule has 3 amide bonds. The molecule has 232 valence electrons. The van der Waals surface area contributed by atoms with Crippen LogP contribution in [0.3, 0.4) is 0 Å². The number of aromatic nitrogens is 1. The van der Waals surface area contributed by atoms with Gasteiger partial charge in [0.1, 0.15) is 5.84 Å². The zero-order valence-electron chi connectivity index (χ0n) is 25.8. The number of carbonyl (C=O) groups is 3. The Balaban J connectivity index is 1.66. The summed E-state index contributed by atoms with van der Waals surface area (Å²) in [4.78, 5) is 49.3. The van der Waals surface area contributed by atoms with Gasteiger partial charge in [0.25, 0.3) is 5.91 Å². The maximum absolute atomic E-state index is 13.2. The molecule has 1 atom stereocenters. The molecule has 0 aliphatic carbocycles. The largest absolute Gasteiger partial charge is 0.387 e. The Labute approximate surface area is 259 Å². The molecule has 0 spiro atoms. The van der Waals surface area contributed by atoms with Crippen LogP contribution in [0.5, 0.6) is 0 Å². The Bertz CT molecular complexity index is 1480. The second kappa shape index (κ2) is 16.7. The van der Waals surface area contributed by atoms with E-state index < -0.39 is 6.04 Å². The summed E-state index contributed by atoms with van der Waals surface area (Å²) in [5.74, 6) is -0.287. The number of hydrogen-bond acceptors (Lipinski definition) is 7. The number of fused-ring (bicyclic) bond motifs is 1. The van der Waals surface area contributed by atoms with Gasteiger partial charge in [-0.25, -0.2) is 4.99 Å². The summed E-state index contributed by atoms with van der Waals surface area (Å²) in [6.45, 7) is 11.2. The summed E-state index contributed by atoms with van der Waals surface area (Å²) >= 11 is 0. The molecular formula is C34H43N7O3. The molecule has 0 saturated carbocycles. The van der Waals surface area contributed by atoms with Crippen molar-refractivity contribution in [1.29, 1.82) is 0 Å². The van der Waals surface area contributed by atoms with Crippen molar-refractivity contribution in [3.63, 3.8) is 0 Å². The number of amidine groups is 1. The van der Waals surface area contributed by atoms with Gasteiger partial charge in [0.15, 0.2) is 0 Å². The predicted molar refractivity (Wildman–Crippen MR) is 177 cm³/mol. The molecule has 1 aromatic carbocycles. The summed E-state index contributed by atoms with van der Waals surface area (Å²) in [6, 6.07) is 6.44. The molecule has 2 aromatic rings. The van der Waals surface area contributed by atoms with E-state index in [1.165, 1.54) is 6.20 Å². The lowest BCUT2D eigenvalue weighted by Crippen LogP contribution is -2.34. The lowest BCUT2D eigenvalue weighted by atomic mass is 10.0. The van der Waals surface area contributed by atoms with E-state index >= 15 is 0 Å². The highest BCUT2D eigenvalue weighted by atomic mass is 16.2. The van der Waals surface area contributed by atoms with Crippen LogP contribution >= 0.6 is 0 Å². The Morgan fingerprint density at radius 2 is 1.86 bits per heavy atom. The number of carbonyl (C=O) groups excluding carboxylic acids is 3. The van der Waals surface area contributed by atoms with Gasteiger partial charge in [-0.05, 0) is 49.6 Å². The maximum Gasteiger partial charge on any atom is 0.255 e. The van der Waals surface area contributed by atoms with Crippen LogP contribution in [0, 0.1) is 0 Å². The van der Waals surface area contributed by atoms with Crippen LogP contribution in [-0.4, -0.2) is 52.6 Å². The molecule has 0 bridgehead atoms. The van der Waals surface area contributed by atoms with Gasteiger partial charge in [0.05, 0.1) is 17.6 Å². The quantitative estimate of drug-likeness (QED) is 0.230. The van der Waals surface area contributed by atoms with Crippen molar-refractivity contribution in [2.75, 3.05) is 18.4 Å². The Morgan fingerprint density at radius 3 is 2.57 bits per heavy atom. The summed E-state index contributed by atoms with van der Waals surface area (Å²) in [5, 5.41) is 5.70. The predicted octanol–water partition coefficient (Wildman–Crippen LogP) is 4.78. The molecule has 1 unspecified atom stereocenters. The molecule has 0 saturated heterocycles. The van der Waals surface area contributed by atoms with Crippen LogP contribution in [-0.2, 0) is 16.1 Å². The molecule has 6 N–H and O–H groups in total. The first-order valence-corrected chi connectivity index (χ1v) is 14.8. The number of amides is 3. The van der Waals surface area contributed by atoms with E-state index in [0.717, 1.165) is 24.0 Å². The normalized spacial score (nSPS) is 13.7. The monoisotopic (exact) mass is 597 g/mol. The van der Waals surface area contributed by atoms with E-state index in [1.807, 2.05) is 43.9 Å². The van der Waals surface area contributed by atoms with E-state index in [1.54, 1.807) is 42.6 Å². The van der Waals surface area contributed by atoms with Gasteiger partial charge >= 0.3 is 0 Å². The van der Waals surface area contributed by atoms with Crippen LogP contribution < -0.4 is 22.1 Å². The minimum Gasteiger partial charge on any atom is -0.387 e. The van der Waals surface area contributed by atoms with Crippen LogP contribution in [0.25, 0.3) is 6.08 Å². The second-order valence-electron chi connectivity index (χ2n) is 10.7. The van der Waals surface area contributed by atoms with Gasteiger partial charge < -0.3 is 27.0 Å². The van der Waals surface area contributed by atoms with Crippen molar-refractivity contribution in [3.8, 4) is 0 Å². The number of pyridine rings is 1. The van der Waals surface area contributed by atoms with Crippen molar-refractivity contribution in [2.45, 2.75) is 59.0 Å². The van der Waals surface area contributed by atoms with Crippen molar-refractivity contribution < 1.29 is 14.4 Å². The zero-order chi connectivity index (χ0) is 32.1. The van der Waals surface area contributed by atoms with Gasteiger partial charge in [0, 0.05) is 61.4 Å². The van der Waals surface area contributed by atoms with E-state index in [0.29, 0.717) is 47.0 Å². The van der Waals surface area contributed by atoms with E-state index in [9.17, 15) is 14.4 Å². The third-order valence-corrected chi connectivity index (χ3v) is 6.95. The van der Waals surface area contributed by atoms with Crippen LogP contribution in [0.2, 0.25) is 0 Å². The summed E-state index contributed by atoms with van der Waals surface area (Å²) in [5.41, 5.74) is 16.6. The van der Waals surface area contributed by atoms with Gasteiger partial charge in [0.2, 0.25) is 11.8 Å². The fraction of sp³-hybridized carbons (Fsp3) is 0.324.